The first-order chi connectivity index (χ1) is 9.58. The SMILES string of the molecule is C[C@H](c1ccccc1)[C@@H](NC(=O)O)c1cncc(Br)c1. The van der Waals surface area contributed by atoms with Gasteiger partial charge in [0.05, 0.1) is 6.04 Å². The average molecular weight is 335 g/mol. The van der Waals surface area contributed by atoms with E-state index in [0.717, 1.165) is 15.6 Å². The van der Waals surface area contributed by atoms with E-state index in [1.165, 1.54) is 0 Å². The molecule has 0 fully saturated rings. The minimum atomic E-state index is -1.04. The molecule has 20 heavy (non-hydrogen) atoms. The lowest BCUT2D eigenvalue weighted by molar-refractivity contribution is 0.188. The van der Waals surface area contributed by atoms with E-state index in [4.69, 9.17) is 5.11 Å². The molecule has 0 saturated carbocycles. The highest BCUT2D eigenvalue weighted by molar-refractivity contribution is 9.10. The third-order valence-electron chi connectivity index (χ3n) is 3.19. The lowest BCUT2D eigenvalue weighted by Crippen LogP contribution is -2.30. The first-order valence-corrected chi connectivity index (χ1v) is 7.02. The summed E-state index contributed by atoms with van der Waals surface area (Å²) in [6.07, 6.45) is 2.32. The fraction of sp³-hybridized carbons (Fsp3) is 0.200. The van der Waals surface area contributed by atoms with Crippen molar-refractivity contribution in [1.29, 1.82) is 0 Å². The van der Waals surface area contributed by atoms with Crippen molar-refractivity contribution in [3.8, 4) is 0 Å². The van der Waals surface area contributed by atoms with Gasteiger partial charge in [-0.1, -0.05) is 37.3 Å². The average Bonchev–Trinajstić information content (AvgIpc) is 2.45. The molecule has 0 bridgehead atoms. The number of halogens is 1. The highest BCUT2D eigenvalue weighted by Gasteiger charge is 2.23. The Kier molecular flexibility index (Phi) is 4.74. The predicted octanol–water partition coefficient (Wildman–Crippen LogP) is 3.96. The number of rotatable bonds is 4. The maximum Gasteiger partial charge on any atom is 0.405 e. The van der Waals surface area contributed by atoms with Gasteiger partial charge in [0.1, 0.15) is 0 Å². The molecule has 0 aliphatic carbocycles. The minimum Gasteiger partial charge on any atom is -0.465 e. The van der Waals surface area contributed by atoms with E-state index >= 15 is 0 Å². The Bertz CT molecular complexity index is 589. The highest BCUT2D eigenvalue weighted by atomic mass is 79.9. The largest absolute Gasteiger partial charge is 0.465 e. The summed E-state index contributed by atoms with van der Waals surface area (Å²) in [5, 5.41) is 11.6. The van der Waals surface area contributed by atoms with E-state index < -0.39 is 6.09 Å². The maximum atomic E-state index is 11.1. The number of nitrogens with one attached hydrogen (secondary N) is 1. The van der Waals surface area contributed by atoms with Gasteiger partial charge >= 0.3 is 6.09 Å². The molecule has 5 heteroatoms. The van der Waals surface area contributed by atoms with Gasteiger partial charge in [-0.05, 0) is 33.1 Å². The summed E-state index contributed by atoms with van der Waals surface area (Å²) in [5.41, 5.74) is 1.91. The second-order valence-corrected chi connectivity index (χ2v) is 5.48. The minimum absolute atomic E-state index is 0.00315. The van der Waals surface area contributed by atoms with Gasteiger partial charge in [0.2, 0.25) is 0 Å². The summed E-state index contributed by atoms with van der Waals surface area (Å²) in [7, 11) is 0. The van der Waals surface area contributed by atoms with Crippen LogP contribution < -0.4 is 5.32 Å². The van der Waals surface area contributed by atoms with Crippen molar-refractivity contribution in [1.82, 2.24) is 10.3 Å². The smallest absolute Gasteiger partial charge is 0.405 e. The van der Waals surface area contributed by atoms with E-state index in [9.17, 15) is 4.79 Å². The Labute approximate surface area is 126 Å². The third kappa shape index (κ3) is 3.57. The van der Waals surface area contributed by atoms with Crippen molar-refractivity contribution < 1.29 is 9.90 Å². The molecule has 0 spiro atoms. The first-order valence-electron chi connectivity index (χ1n) is 6.23. The molecule has 0 saturated heterocycles. The number of carboxylic acid groups (broad SMARTS) is 1. The van der Waals surface area contributed by atoms with E-state index in [1.54, 1.807) is 12.4 Å². The van der Waals surface area contributed by atoms with Gasteiger partial charge in [0.15, 0.2) is 0 Å². The van der Waals surface area contributed by atoms with Gasteiger partial charge in [-0.15, -0.1) is 0 Å². The number of hydrogen-bond acceptors (Lipinski definition) is 2. The quantitative estimate of drug-likeness (QED) is 0.889. The van der Waals surface area contributed by atoms with Gasteiger partial charge in [0.25, 0.3) is 0 Å². The van der Waals surface area contributed by atoms with Crippen molar-refractivity contribution in [2.24, 2.45) is 0 Å². The molecule has 0 unspecified atom stereocenters. The van der Waals surface area contributed by atoms with Crippen LogP contribution in [0.5, 0.6) is 0 Å². The molecule has 1 aromatic carbocycles. The van der Waals surface area contributed by atoms with E-state index in [0.29, 0.717) is 0 Å². The molecule has 104 valence electrons. The van der Waals surface area contributed by atoms with Crippen molar-refractivity contribution in [3.63, 3.8) is 0 Å². The van der Waals surface area contributed by atoms with Crippen LogP contribution >= 0.6 is 15.9 Å². The monoisotopic (exact) mass is 334 g/mol. The topological polar surface area (TPSA) is 62.2 Å². The molecular weight excluding hydrogens is 320 g/mol. The van der Waals surface area contributed by atoms with Gasteiger partial charge < -0.3 is 10.4 Å². The number of benzene rings is 1. The molecule has 0 aliphatic heterocycles. The van der Waals surface area contributed by atoms with Crippen LogP contribution in [-0.4, -0.2) is 16.2 Å². The van der Waals surface area contributed by atoms with Crippen LogP contribution in [0.4, 0.5) is 4.79 Å². The molecule has 1 amide bonds. The zero-order chi connectivity index (χ0) is 14.5. The number of hydrogen-bond donors (Lipinski definition) is 2. The number of nitrogens with zero attached hydrogens (tertiary/aromatic N) is 1. The van der Waals surface area contributed by atoms with E-state index in [1.807, 2.05) is 43.3 Å². The fourth-order valence-corrected chi connectivity index (χ4v) is 2.56. The summed E-state index contributed by atoms with van der Waals surface area (Å²) >= 11 is 3.36. The molecule has 1 aromatic heterocycles. The number of pyridine rings is 1. The van der Waals surface area contributed by atoms with Crippen LogP contribution in [0.25, 0.3) is 0 Å². The Hall–Kier alpha value is -1.88. The van der Waals surface area contributed by atoms with Gasteiger partial charge in [-0.25, -0.2) is 4.79 Å². The predicted molar refractivity (Wildman–Crippen MR) is 80.7 cm³/mol. The molecule has 2 atom stereocenters. The van der Waals surface area contributed by atoms with Crippen molar-refractivity contribution >= 4 is 22.0 Å². The maximum absolute atomic E-state index is 11.1. The van der Waals surface area contributed by atoms with E-state index in [-0.39, 0.29) is 12.0 Å². The fourth-order valence-electron chi connectivity index (χ4n) is 2.18. The summed E-state index contributed by atoms with van der Waals surface area (Å²) in [6.45, 7) is 2.00. The molecule has 2 aromatic rings. The molecule has 0 aliphatic rings. The summed E-state index contributed by atoms with van der Waals surface area (Å²) < 4.78 is 0.826. The number of aromatic nitrogens is 1. The van der Waals surface area contributed by atoms with Crippen molar-refractivity contribution in [2.75, 3.05) is 0 Å². The normalized spacial score (nSPS) is 13.5. The second kappa shape index (κ2) is 6.52. The van der Waals surface area contributed by atoms with Crippen LogP contribution in [0.3, 0.4) is 0 Å². The first kappa shape index (κ1) is 14.5. The van der Waals surface area contributed by atoms with Gasteiger partial charge in [-0.3, -0.25) is 4.98 Å². The molecule has 2 N–H and O–H groups in total. The number of carbonyl (C=O) groups is 1. The third-order valence-corrected chi connectivity index (χ3v) is 3.62. The Morgan fingerprint density at radius 3 is 2.55 bits per heavy atom. The number of amides is 1. The zero-order valence-electron chi connectivity index (χ0n) is 11.0. The van der Waals surface area contributed by atoms with Crippen LogP contribution in [0.1, 0.15) is 30.0 Å². The van der Waals surface area contributed by atoms with Crippen molar-refractivity contribution in [3.05, 3.63) is 64.4 Å². The lowest BCUT2D eigenvalue weighted by Gasteiger charge is -2.24. The Morgan fingerprint density at radius 1 is 1.25 bits per heavy atom. The summed E-state index contributed by atoms with van der Waals surface area (Å²) in [6, 6.07) is 11.4. The van der Waals surface area contributed by atoms with E-state index in [2.05, 4.69) is 26.2 Å². The molecular formula is C15H15BrN2O2. The summed E-state index contributed by atoms with van der Waals surface area (Å²) in [5.74, 6) is 0.00315. The van der Waals surface area contributed by atoms with Gasteiger partial charge in [-0.2, -0.15) is 0 Å². The highest BCUT2D eigenvalue weighted by Crippen LogP contribution is 2.31. The zero-order valence-corrected chi connectivity index (χ0v) is 12.5. The van der Waals surface area contributed by atoms with Crippen LogP contribution in [0.2, 0.25) is 0 Å². The molecule has 0 radical (unpaired) electrons. The molecule has 2 rings (SSSR count). The standard InChI is InChI=1S/C15H15BrN2O2/c1-10(11-5-3-2-4-6-11)14(18-15(19)20)12-7-13(16)9-17-8-12/h2-10,14,18H,1H3,(H,19,20)/t10-,14-/m1/s1. The molecule has 1 heterocycles. The second-order valence-electron chi connectivity index (χ2n) is 4.56. The van der Waals surface area contributed by atoms with Crippen LogP contribution in [0, 0.1) is 0 Å². The summed E-state index contributed by atoms with van der Waals surface area (Å²) in [4.78, 5) is 15.2. The lowest BCUT2D eigenvalue weighted by atomic mass is 9.89. The van der Waals surface area contributed by atoms with Crippen LogP contribution in [-0.2, 0) is 0 Å². The van der Waals surface area contributed by atoms with Crippen molar-refractivity contribution in [2.45, 2.75) is 18.9 Å². The molecule has 4 nitrogen and oxygen atoms in total. The van der Waals surface area contributed by atoms with Crippen LogP contribution in [0.15, 0.2) is 53.3 Å². The Morgan fingerprint density at radius 2 is 1.95 bits per heavy atom. The van der Waals surface area contributed by atoms with Gasteiger partial charge in [0, 0.05) is 22.8 Å². The Balaban J connectivity index is 2.35.